The van der Waals surface area contributed by atoms with Crippen LogP contribution in [0.25, 0.3) is 0 Å². The number of anilines is 1. The van der Waals surface area contributed by atoms with Gasteiger partial charge in [-0.1, -0.05) is 32.9 Å². The van der Waals surface area contributed by atoms with Crippen LogP contribution < -0.4 is 10.6 Å². The Balaban J connectivity index is 1.51. The Bertz CT molecular complexity index is 1390. The summed E-state index contributed by atoms with van der Waals surface area (Å²) < 4.78 is 0. The topological polar surface area (TPSA) is 136 Å². The van der Waals surface area contributed by atoms with E-state index in [0.29, 0.717) is 29.3 Å². The van der Waals surface area contributed by atoms with Gasteiger partial charge in [-0.3, -0.25) is 24.1 Å². The van der Waals surface area contributed by atoms with Gasteiger partial charge in [0.1, 0.15) is 0 Å². The first-order valence-corrected chi connectivity index (χ1v) is 14.9. The quantitative estimate of drug-likeness (QED) is 0.329. The first kappa shape index (κ1) is 31.7. The second kappa shape index (κ2) is 13.0. The van der Waals surface area contributed by atoms with Crippen molar-refractivity contribution in [1.29, 1.82) is 0 Å². The van der Waals surface area contributed by atoms with Gasteiger partial charge in [-0.05, 0) is 86.8 Å². The number of imide groups is 1. The van der Waals surface area contributed by atoms with Crippen LogP contribution in [-0.2, 0) is 11.3 Å². The second-order valence-electron chi connectivity index (χ2n) is 12.9. The van der Waals surface area contributed by atoms with Crippen molar-refractivity contribution >= 4 is 35.4 Å². The van der Waals surface area contributed by atoms with Crippen LogP contribution in [0.2, 0.25) is 0 Å². The Labute approximate surface area is 252 Å². The largest absolute Gasteiger partial charge is 0.481 e. The highest BCUT2D eigenvalue weighted by Gasteiger charge is 2.38. The lowest BCUT2D eigenvalue weighted by molar-refractivity contribution is -0.136. The van der Waals surface area contributed by atoms with Crippen LogP contribution in [-0.4, -0.2) is 63.3 Å². The number of benzene rings is 2. The van der Waals surface area contributed by atoms with E-state index in [2.05, 4.69) is 31.4 Å². The van der Waals surface area contributed by atoms with Crippen LogP contribution >= 0.6 is 0 Å². The number of amides is 5. The van der Waals surface area contributed by atoms with Gasteiger partial charge in [0.25, 0.3) is 17.7 Å². The predicted octanol–water partition coefficient (Wildman–Crippen LogP) is 5.53. The van der Waals surface area contributed by atoms with Crippen molar-refractivity contribution in [3.63, 3.8) is 0 Å². The van der Waals surface area contributed by atoms with Gasteiger partial charge >= 0.3 is 12.0 Å². The number of aliphatic carboxylic acids is 1. The molecule has 1 aliphatic heterocycles. The molecule has 2 aromatic rings. The van der Waals surface area contributed by atoms with Gasteiger partial charge in [-0.15, -0.1) is 0 Å². The fraction of sp³-hybridized carbons (Fsp3) is 0.485. The van der Waals surface area contributed by atoms with Crippen molar-refractivity contribution in [2.45, 2.75) is 85.4 Å². The standard InChI is InChI=1S/C33H42N4O6/c1-20(2)37-30(41)26-15-12-24(18-27(26)31(37)42)35-32(43)36(25-13-10-23(11-14-25)33(3,4)5)19-21-6-8-22(9-7-21)29(40)34-17-16-28(38)39/h6-9,12,15,18,20,23,25H,10-11,13-14,16-17,19H2,1-5H3,(H,34,40)(H,35,43)(H,38,39). The zero-order chi connectivity index (χ0) is 31.5. The van der Waals surface area contributed by atoms with E-state index in [1.165, 1.54) is 4.90 Å². The van der Waals surface area contributed by atoms with Gasteiger partial charge in [-0.25, -0.2) is 4.79 Å². The average molecular weight is 591 g/mol. The maximum Gasteiger partial charge on any atom is 0.322 e. The van der Waals surface area contributed by atoms with Crippen molar-refractivity contribution in [3.8, 4) is 0 Å². The molecule has 3 N–H and O–H groups in total. The van der Waals surface area contributed by atoms with Crippen LogP contribution in [0.4, 0.5) is 10.5 Å². The molecular formula is C33H42N4O6. The molecule has 1 heterocycles. The van der Waals surface area contributed by atoms with Crippen LogP contribution in [0.15, 0.2) is 42.5 Å². The molecule has 0 spiro atoms. The summed E-state index contributed by atoms with van der Waals surface area (Å²) in [6.07, 6.45) is 3.58. The summed E-state index contributed by atoms with van der Waals surface area (Å²) >= 11 is 0. The van der Waals surface area contributed by atoms with Crippen LogP contribution in [0.3, 0.4) is 0 Å². The maximum atomic E-state index is 13.8. The third-order valence-corrected chi connectivity index (χ3v) is 8.50. The van der Waals surface area contributed by atoms with Crippen molar-refractivity contribution in [2.75, 3.05) is 11.9 Å². The lowest BCUT2D eigenvalue weighted by Gasteiger charge is -2.41. The van der Waals surface area contributed by atoms with Crippen LogP contribution in [0, 0.1) is 11.3 Å². The van der Waals surface area contributed by atoms with Crippen LogP contribution in [0.1, 0.15) is 103 Å². The smallest absolute Gasteiger partial charge is 0.322 e. The van der Waals surface area contributed by atoms with Gasteiger partial charge < -0.3 is 20.6 Å². The minimum absolute atomic E-state index is 0.00617. The van der Waals surface area contributed by atoms with E-state index in [0.717, 1.165) is 31.2 Å². The normalized spacial score (nSPS) is 18.4. The summed E-state index contributed by atoms with van der Waals surface area (Å²) in [5.41, 5.74) is 2.50. The SMILES string of the molecule is CC(C)N1C(=O)c2ccc(NC(=O)N(Cc3ccc(C(=O)NCCC(=O)O)cc3)C3CCC(C(C)(C)C)CC3)cc2C1=O. The van der Waals surface area contributed by atoms with Gasteiger partial charge in [-0.2, -0.15) is 0 Å². The number of nitrogens with zero attached hydrogens (tertiary/aromatic N) is 2. The molecule has 0 saturated heterocycles. The Kier molecular flexibility index (Phi) is 9.57. The molecule has 1 aliphatic carbocycles. The molecule has 43 heavy (non-hydrogen) atoms. The van der Waals surface area contributed by atoms with E-state index in [9.17, 15) is 24.0 Å². The van der Waals surface area contributed by atoms with Crippen molar-refractivity contribution in [3.05, 3.63) is 64.7 Å². The number of carbonyl (C=O) groups is 5. The van der Waals surface area contributed by atoms with E-state index in [1.54, 1.807) is 56.3 Å². The number of nitrogens with one attached hydrogen (secondary N) is 2. The minimum Gasteiger partial charge on any atom is -0.481 e. The second-order valence-corrected chi connectivity index (χ2v) is 12.9. The number of rotatable bonds is 9. The molecule has 230 valence electrons. The number of hydrogen-bond donors (Lipinski definition) is 3. The van der Waals surface area contributed by atoms with Crippen molar-refractivity contribution < 1.29 is 29.1 Å². The number of hydrogen-bond acceptors (Lipinski definition) is 5. The number of carboxylic acids is 1. The summed E-state index contributed by atoms with van der Waals surface area (Å²) in [4.78, 5) is 65.6. The number of urea groups is 1. The predicted molar refractivity (Wildman–Crippen MR) is 163 cm³/mol. The minimum atomic E-state index is -0.983. The van der Waals surface area contributed by atoms with Gasteiger partial charge in [0.15, 0.2) is 0 Å². The number of fused-ring (bicyclic) bond motifs is 1. The van der Waals surface area contributed by atoms with Crippen LogP contribution in [0.5, 0.6) is 0 Å². The maximum absolute atomic E-state index is 13.8. The molecule has 1 saturated carbocycles. The van der Waals surface area contributed by atoms with Gasteiger partial charge in [0.05, 0.1) is 17.5 Å². The highest BCUT2D eigenvalue weighted by atomic mass is 16.4. The van der Waals surface area contributed by atoms with Gasteiger partial charge in [0, 0.05) is 36.4 Å². The fourth-order valence-electron chi connectivity index (χ4n) is 5.96. The first-order chi connectivity index (χ1) is 20.3. The zero-order valence-corrected chi connectivity index (χ0v) is 25.6. The number of carbonyl (C=O) groups excluding carboxylic acids is 4. The molecule has 0 aromatic heterocycles. The molecule has 0 unspecified atom stereocenters. The molecule has 2 aromatic carbocycles. The Morgan fingerprint density at radius 3 is 2.16 bits per heavy atom. The zero-order valence-electron chi connectivity index (χ0n) is 25.6. The first-order valence-electron chi connectivity index (χ1n) is 14.9. The molecule has 4 rings (SSSR count). The lowest BCUT2D eigenvalue weighted by atomic mass is 9.71. The molecule has 10 heteroatoms. The Hall–Kier alpha value is -4.21. The third-order valence-electron chi connectivity index (χ3n) is 8.50. The summed E-state index contributed by atoms with van der Waals surface area (Å²) in [5, 5.41) is 14.4. The molecule has 5 amide bonds. The lowest BCUT2D eigenvalue weighted by Crippen LogP contribution is -2.45. The summed E-state index contributed by atoms with van der Waals surface area (Å²) in [6.45, 7) is 10.7. The summed E-state index contributed by atoms with van der Waals surface area (Å²) in [7, 11) is 0. The van der Waals surface area contributed by atoms with Crippen molar-refractivity contribution in [1.82, 2.24) is 15.1 Å². The monoisotopic (exact) mass is 590 g/mol. The fourth-order valence-corrected chi connectivity index (χ4v) is 5.96. The van der Waals surface area contributed by atoms with Gasteiger partial charge in [0.2, 0.25) is 0 Å². The van der Waals surface area contributed by atoms with E-state index in [-0.39, 0.29) is 59.8 Å². The summed E-state index contributed by atoms with van der Waals surface area (Å²) in [5.74, 6) is -1.47. The van der Waals surface area contributed by atoms with Crippen molar-refractivity contribution in [2.24, 2.45) is 11.3 Å². The molecule has 0 atom stereocenters. The average Bonchev–Trinajstić information content (AvgIpc) is 3.20. The molecule has 2 aliphatic rings. The number of carboxylic acid groups (broad SMARTS) is 1. The third kappa shape index (κ3) is 7.42. The molecule has 0 radical (unpaired) electrons. The molecular weight excluding hydrogens is 548 g/mol. The molecule has 10 nitrogen and oxygen atoms in total. The molecule has 1 fully saturated rings. The van der Waals surface area contributed by atoms with E-state index >= 15 is 0 Å². The van der Waals surface area contributed by atoms with E-state index in [1.807, 2.05) is 4.90 Å². The van der Waals surface area contributed by atoms with E-state index < -0.39 is 5.97 Å². The summed E-state index contributed by atoms with van der Waals surface area (Å²) in [6, 6.07) is 11.2. The Morgan fingerprint density at radius 2 is 1.58 bits per heavy atom. The molecule has 0 bridgehead atoms. The highest BCUT2D eigenvalue weighted by molar-refractivity contribution is 6.22. The Morgan fingerprint density at radius 1 is 0.953 bits per heavy atom. The highest BCUT2D eigenvalue weighted by Crippen LogP contribution is 2.39. The van der Waals surface area contributed by atoms with E-state index in [4.69, 9.17) is 5.11 Å².